The van der Waals surface area contributed by atoms with Gasteiger partial charge in [0.1, 0.15) is 23.9 Å². The first-order chi connectivity index (χ1) is 14.5. The van der Waals surface area contributed by atoms with E-state index >= 15 is 0 Å². The highest BCUT2D eigenvalue weighted by Gasteiger charge is 2.15. The van der Waals surface area contributed by atoms with E-state index in [1.54, 1.807) is 19.1 Å². The first kappa shape index (κ1) is 21.4. The summed E-state index contributed by atoms with van der Waals surface area (Å²) in [6, 6.07) is 21.5. The summed E-state index contributed by atoms with van der Waals surface area (Å²) in [6.07, 6.45) is 0.260. The van der Waals surface area contributed by atoms with E-state index in [1.165, 1.54) is 12.1 Å². The van der Waals surface area contributed by atoms with E-state index in [0.717, 1.165) is 28.9 Å². The van der Waals surface area contributed by atoms with Gasteiger partial charge in [0, 0.05) is 6.54 Å². The molecule has 3 aromatic carbocycles. The van der Waals surface area contributed by atoms with Crippen molar-refractivity contribution in [2.24, 2.45) is 0 Å². The lowest BCUT2D eigenvalue weighted by molar-refractivity contribution is -0.127. The van der Waals surface area contributed by atoms with Crippen LogP contribution in [0.4, 0.5) is 4.39 Å². The fourth-order valence-electron chi connectivity index (χ4n) is 2.94. The van der Waals surface area contributed by atoms with Crippen LogP contribution in [0.25, 0.3) is 0 Å². The molecule has 3 aromatic rings. The van der Waals surface area contributed by atoms with Crippen LogP contribution in [0.5, 0.6) is 11.5 Å². The molecule has 156 valence electrons. The van der Waals surface area contributed by atoms with E-state index < -0.39 is 6.10 Å². The molecule has 0 unspecified atom stereocenters. The second kappa shape index (κ2) is 10.4. The summed E-state index contributed by atoms with van der Waals surface area (Å²) in [5, 5.41) is 2.90. The van der Waals surface area contributed by atoms with Gasteiger partial charge in [-0.1, -0.05) is 49.4 Å². The van der Waals surface area contributed by atoms with Crippen molar-refractivity contribution < 1.29 is 18.7 Å². The highest BCUT2D eigenvalue weighted by molar-refractivity contribution is 5.80. The molecular weight excluding hydrogens is 381 g/mol. The van der Waals surface area contributed by atoms with Crippen molar-refractivity contribution in [2.75, 3.05) is 0 Å². The number of nitrogens with one attached hydrogen (secondary N) is 1. The quantitative estimate of drug-likeness (QED) is 0.540. The predicted molar refractivity (Wildman–Crippen MR) is 115 cm³/mol. The molecule has 30 heavy (non-hydrogen) atoms. The number of ether oxygens (including phenoxy) is 2. The Morgan fingerprint density at radius 1 is 0.967 bits per heavy atom. The van der Waals surface area contributed by atoms with Gasteiger partial charge in [0.15, 0.2) is 6.10 Å². The van der Waals surface area contributed by atoms with Gasteiger partial charge in [-0.15, -0.1) is 0 Å². The molecule has 5 heteroatoms. The number of rotatable bonds is 9. The highest BCUT2D eigenvalue weighted by atomic mass is 19.1. The number of carbonyl (C=O) groups is 1. The summed E-state index contributed by atoms with van der Waals surface area (Å²) >= 11 is 0. The summed E-state index contributed by atoms with van der Waals surface area (Å²) in [6.45, 7) is 4.57. The van der Waals surface area contributed by atoms with Crippen molar-refractivity contribution in [3.05, 3.63) is 95.3 Å². The lowest BCUT2D eigenvalue weighted by Crippen LogP contribution is -2.36. The van der Waals surface area contributed by atoms with Gasteiger partial charge in [0.2, 0.25) is 0 Å². The monoisotopic (exact) mass is 407 g/mol. The number of hydrogen-bond donors (Lipinski definition) is 1. The third kappa shape index (κ3) is 6.08. The Morgan fingerprint density at radius 3 is 2.33 bits per heavy atom. The van der Waals surface area contributed by atoms with Crippen LogP contribution in [0.2, 0.25) is 0 Å². The molecule has 0 fully saturated rings. The van der Waals surface area contributed by atoms with Gasteiger partial charge in [0.25, 0.3) is 5.91 Å². The number of para-hydroxylation sites is 1. The van der Waals surface area contributed by atoms with E-state index in [1.807, 2.05) is 48.5 Å². The van der Waals surface area contributed by atoms with Crippen molar-refractivity contribution in [1.82, 2.24) is 5.32 Å². The fourth-order valence-corrected chi connectivity index (χ4v) is 2.94. The third-order valence-corrected chi connectivity index (χ3v) is 4.74. The molecule has 1 N–H and O–H groups in total. The van der Waals surface area contributed by atoms with Crippen LogP contribution in [0, 0.1) is 5.82 Å². The van der Waals surface area contributed by atoms with E-state index in [9.17, 15) is 9.18 Å². The first-order valence-corrected chi connectivity index (χ1v) is 10.0. The van der Waals surface area contributed by atoms with Gasteiger partial charge in [-0.3, -0.25) is 4.79 Å². The Hall–Kier alpha value is -3.34. The average Bonchev–Trinajstić information content (AvgIpc) is 2.78. The Bertz CT molecular complexity index is 955. The second-order valence-corrected chi connectivity index (χ2v) is 7.00. The summed E-state index contributed by atoms with van der Waals surface area (Å²) < 4.78 is 24.5. The minimum atomic E-state index is -0.587. The standard InChI is InChI=1S/C25H26FNO3/c1-3-21-6-4-5-7-24(21)30-18(2)25(28)27-16-19-10-14-23(15-11-19)29-17-20-8-12-22(26)13-9-20/h4-15,18H,3,16-17H2,1-2H3,(H,27,28)/t18-/m0/s1. The molecule has 3 rings (SSSR count). The number of carbonyl (C=O) groups excluding carboxylic acids is 1. The predicted octanol–water partition coefficient (Wildman–Crippen LogP) is 5.05. The Labute approximate surface area is 176 Å². The molecule has 0 aliphatic heterocycles. The lowest BCUT2D eigenvalue weighted by Gasteiger charge is -2.17. The minimum absolute atomic E-state index is 0.169. The van der Waals surface area contributed by atoms with E-state index in [-0.39, 0.29) is 11.7 Å². The van der Waals surface area contributed by atoms with Gasteiger partial charge in [0.05, 0.1) is 0 Å². The van der Waals surface area contributed by atoms with Gasteiger partial charge in [-0.05, 0) is 60.4 Å². The average molecular weight is 407 g/mol. The van der Waals surface area contributed by atoms with Crippen molar-refractivity contribution in [1.29, 1.82) is 0 Å². The molecule has 0 aliphatic rings. The van der Waals surface area contributed by atoms with Crippen molar-refractivity contribution in [3.63, 3.8) is 0 Å². The van der Waals surface area contributed by atoms with Crippen LogP contribution in [0.1, 0.15) is 30.5 Å². The number of benzene rings is 3. The van der Waals surface area contributed by atoms with E-state index in [4.69, 9.17) is 9.47 Å². The zero-order valence-corrected chi connectivity index (χ0v) is 17.2. The smallest absolute Gasteiger partial charge is 0.261 e. The lowest BCUT2D eigenvalue weighted by atomic mass is 10.1. The van der Waals surface area contributed by atoms with Crippen molar-refractivity contribution in [2.45, 2.75) is 39.5 Å². The molecule has 0 heterocycles. The minimum Gasteiger partial charge on any atom is -0.489 e. The van der Waals surface area contributed by atoms with Crippen LogP contribution in [0.15, 0.2) is 72.8 Å². The number of hydrogen-bond acceptors (Lipinski definition) is 3. The summed E-state index contributed by atoms with van der Waals surface area (Å²) in [7, 11) is 0. The van der Waals surface area contributed by atoms with Gasteiger partial charge in [-0.25, -0.2) is 4.39 Å². The molecular formula is C25H26FNO3. The van der Waals surface area contributed by atoms with Crippen LogP contribution < -0.4 is 14.8 Å². The summed E-state index contributed by atoms with van der Waals surface area (Å²) in [5.74, 6) is 1.02. The molecule has 0 saturated heterocycles. The van der Waals surface area contributed by atoms with Crippen LogP contribution in [-0.2, 0) is 24.4 Å². The van der Waals surface area contributed by atoms with Crippen LogP contribution in [-0.4, -0.2) is 12.0 Å². The zero-order valence-electron chi connectivity index (χ0n) is 17.2. The molecule has 0 bridgehead atoms. The maximum absolute atomic E-state index is 12.9. The van der Waals surface area contributed by atoms with Gasteiger partial charge < -0.3 is 14.8 Å². The normalized spacial score (nSPS) is 11.6. The topological polar surface area (TPSA) is 47.6 Å². The van der Waals surface area contributed by atoms with Crippen LogP contribution in [0.3, 0.4) is 0 Å². The number of amides is 1. The molecule has 0 aliphatic carbocycles. The first-order valence-electron chi connectivity index (χ1n) is 10.0. The molecule has 4 nitrogen and oxygen atoms in total. The molecule has 0 radical (unpaired) electrons. The SMILES string of the molecule is CCc1ccccc1O[C@@H](C)C(=O)NCc1ccc(OCc2ccc(F)cc2)cc1. The third-order valence-electron chi connectivity index (χ3n) is 4.74. The molecule has 0 saturated carbocycles. The zero-order chi connectivity index (χ0) is 21.3. The summed E-state index contributed by atoms with van der Waals surface area (Å²) in [5.41, 5.74) is 2.93. The van der Waals surface area contributed by atoms with Crippen LogP contribution >= 0.6 is 0 Å². The highest BCUT2D eigenvalue weighted by Crippen LogP contribution is 2.20. The second-order valence-electron chi connectivity index (χ2n) is 7.00. The van der Waals surface area contributed by atoms with E-state index in [0.29, 0.717) is 18.9 Å². The largest absolute Gasteiger partial charge is 0.489 e. The molecule has 1 amide bonds. The van der Waals surface area contributed by atoms with Gasteiger partial charge >= 0.3 is 0 Å². The van der Waals surface area contributed by atoms with Crippen molar-refractivity contribution in [3.8, 4) is 11.5 Å². The Kier molecular flexibility index (Phi) is 7.44. The molecule has 1 atom stereocenters. The van der Waals surface area contributed by atoms with Gasteiger partial charge in [-0.2, -0.15) is 0 Å². The maximum Gasteiger partial charge on any atom is 0.261 e. The van der Waals surface area contributed by atoms with Crippen molar-refractivity contribution >= 4 is 5.91 Å². The molecule has 0 aromatic heterocycles. The Balaban J connectivity index is 1.46. The van der Waals surface area contributed by atoms with E-state index in [2.05, 4.69) is 12.2 Å². The Morgan fingerprint density at radius 2 is 1.63 bits per heavy atom. The number of halogens is 1. The molecule has 0 spiro atoms. The maximum atomic E-state index is 12.9. The fraction of sp³-hybridized carbons (Fsp3) is 0.240. The summed E-state index contributed by atoms with van der Waals surface area (Å²) in [4.78, 5) is 12.4. The number of aryl methyl sites for hydroxylation is 1.